The van der Waals surface area contributed by atoms with Crippen molar-refractivity contribution in [3.05, 3.63) is 82.3 Å². The molecule has 0 saturated carbocycles. The molecule has 0 N–H and O–H groups in total. The minimum atomic E-state index is -0.288. The Bertz CT molecular complexity index is 706. The smallest absolute Gasteiger partial charge is 0.338 e. The third-order valence-corrected chi connectivity index (χ3v) is 4.80. The van der Waals surface area contributed by atoms with E-state index in [9.17, 15) is 4.79 Å². The molecule has 0 amide bonds. The summed E-state index contributed by atoms with van der Waals surface area (Å²) in [5.74, 6) is 0.122. The lowest BCUT2D eigenvalue weighted by Gasteiger charge is -2.20. The Balaban J connectivity index is 1.87. The predicted octanol–water partition coefficient (Wildman–Crippen LogP) is 5.27. The van der Waals surface area contributed by atoms with Gasteiger partial charge in [-0.05, 0) is 35.4 Å². The first-order chi connectivity index (χ1) is 10.6. The molecule has 0 saturated heterocycles. The summed E-state index contributed by atoms with van der Waals surface area (Å²) in [7, 11) is 0. The molecule has 0 unspecified atom stereocenters. The maximum atomic E-state index is 12.4. The highest BCUT2D eigenvalue weighted by molar-refractivity contribution is 9.10. The number of rotatable bonds is 3. The molecule has 1 aliphatic rings. The molecule has 2 nitrogen and oxygen atoms in total. The molecule has 3 rings (SSSR count). The number of fused-ring (bicyclic) bond motifs is 1. The van der Waals surface area contributed by atoms with E-state index in [2.05, 4.69) is 35.5 Å². The minimum absolute atomic E-state index is 0.189. The van der Waals surface area contributed by atoms with Gasteiger partial charge in [0.05, 0.1) is 5.56 Å². The molecule has 0 radical (unpaired) electrons. The van der Waals surface area contributed by atoms with Crippen LogP contribution in [0.15, 0.2) is 65.7 Å². The van der Waals surface area contributed by atoms with Crippen LogP contribution < -0.4 is 0 Å². The van der Waals surface area contributed by atoms with Gasteiger partial charge in [-0.2, -0.15) is 0 Å². The van der Waals surface area contributed by atoms with E-state index in [-0.39, 0.29) is 23.9 Å². The van der Waals surface area contributed by atoms with Crippen molar-refractivity contribution >= 4 is 21.9 Å². The fraction of sp³-hybridized carbons (Fsp3) is 0.211. The third-order valence-electron chi connectivity index (χ3n) is 4.27. The van der Waals surface area contributed by atoms with E-state index in [1.165, 1.54) is 5.56 Å². The first-order valence-electron chi connectivity index (χ1n) is 7.29. The standard InChI is InChI=1S/C19H17BrO2/c1-3-15-12(2)18(17-7-5-4-6-16(15)17)22-19(21)13-8-10-14(20)11-9-13/h3-12,15,18H,1H2,2H3/t12-,15-,18+/m0/s1. The molecule has 2 aromatic rings. The summed E-state index contributed by atoms with van der Waals surface area (Å²) in [6.07, 6.45) is 1.71. The normalized spacial score (nSPS) is 22.9. The molecule has 112 valence electrons. The molecule has 2 aromatic carbocycles. The second-order valence-electron chi connectivity index (χ2n) is 5.58. The highest BCUT2D eigenvalue weighted by atomic mass is 79.9. The summed E-state index contributed by atoms with van der Waals surface area (Å²) in [6.45, 7) is 6.03. The molecular formula is C19H17BrO2. The van der Waals surface area contributed by atoms with Crippen molar-refractivity contribution in [2.75, 3.05) is 0 Å². The Hall–Kier alpha value is -1.87. The largest absolute Gasteiger partial charge is 0.454 e. The van der Waals surface area contributed by atoms with Gasteiger partial charge in [-0.3, -0.25) is 0 Å². The van der Waals surface area contributed by atoms with E-state index < -0.39 is 0 Å². The van der Waals surface area contributed by atoms with Gasteiger partial charge in [0.1, 0.15) is 6.10 Å². The van der Waals surface area contributed by atoms with Crippen LogP contribution >= 0.6 is 15.9 Å². The van der Waals surface area contributed by atoms with Crippen LogP contribution in [-0.2, 0) is 4.74 Å². The van der Waals surface area contributed by atoms with Gasteiger partial charge in [0.2, 0.25) is 0 Å². The predicted molar refractivity (Wildman–Crippen MR) is 90.8 cm³/mol. The number of esters is 1. The van der Waals surface area contributed by atoms with Crippen molar-refractivity contribution < 1.29 is 9.53 Å². The molecule has 0 aromatic heterocycles. The topological polar surface area (TPSA) is 26.3 Å². The van der Waals surface area contributed by atoms with Crippen molar-refractivity contribution in [1.82, 2.24) is 0 Å². The number of hydrogen-bond acceptors (Lipinski definition) is 2. The minimum Gasteiger partial charge on any atom is -0.454 e. The number of hydrogen-bond donors (Lipinski definition) is 0. The third kappa shape index (κ3) is 2.61. The molecule has 3 heteroatoms. The molecule has 0 spiro atoms. The van der Waals surface area contributed by atoms with Crippen molar-refractivity contribution in [2.45, 2.75) is 18.9 Å². The zero-order valence-electron chi connectivity index (χ0n) is 12.3. The van der Waals surface area contributed by atoms with Gasteiger partial charge in [0, 0.05) is 16.3 Å². The van der Waals surface area contributed by atoms with Crippen LogP contribution in [0.1, 0.15) is 40.4 Å². The van der Waals surface area contributed by atoms with Crippen LogP contribution in [0.5, 0.6) is 0 Å². The summed E-state index contributed by atoms with van der Waals surface area (Å²) in [4.78, 5) is 12.4. The van der Waals surface area contributed by atoms with Gasteiger partial charge in [-0.1, -0.05) is 53.2 Å². The van der Waals surface area contributed by atoms with Crippen LogP contribution in [0.2, 0.25) is 0 Å². The Kier molecular flexibility index (Phi) is 4.16. The zero-order chi connectivity index (χ0) is 15.7. The Morgan fingerprint density at radius 3 is 2.41 bits per heavy atom. The van der Waals surface area contributed by atoms with Crippen molar-refractivity contribution in [3.8, 4) is 0 Å². The van der Waals surface area contributed by atoms with Gasteiger partial charge in [0.25, 0.3) is 0 Å². The Labute approximate surface area is 138 Å². The van der Waals surface area contributed by atoms with Gasteiger partial charge >= 0.3 is 5.97 Å². The summed E-state index contributed by atoms with van der Waals surface area (Å²) < 4.78 is 6.75. The summed E-state index contributed by atoms with van der Waals surface area (Å²) in [6, 6.07) is 15.3. The lowest BCUT2D eigenvalue weighted by atomic mass is 9.93. The Morgan fingerprint density at radius 2 is 1.77 bits per heavy atom. The van der Waals surface area contributed by atoms with Gasteiger partial charge in [-0.25, -0.2) is 4.79 Å². The van der Waals surface area contributed by atoms with E-state index in [1.54, 1.807) is 12.1 Å². The SMILES string of the molecule is C=C[C@@H]1c2ccccc2[C@H](OC(=O)c2ccc(Br)cc2)[C@H]1C. The molecule has 0 fully saturated rings. The molecule has 22 heavy (non-hydrogen) atoms. The number of allylic oxidation sites excluding steroid dienone is 1. The average molecular weight is 357 g/mol. The van der Waals surface area contributed by atoms with E-state index in [4.69, 9.17) is 4.74 Å². The van der Waals surface area contributed by atoms with Crippen molar-refractivity contribution in [3.63, 3.8) is 0 Å². The molecule has 3 atom stereocenters. The first kappa shape index (κ1) is 15.0. The number of benzene rings is 2. The number of carbonyl (C=O) groups is 1. The van der Waals surface area contributed by atoms with Gasteiger partial charge in [0.15, 0.2) is 0 Å². The fourth-order valence-electron chi connectivity index (χ4n) is 3.11. The van der Waals surface area contributed by atoms with E-state index in [1.807, 2.05) is 36.4 Å². The maximum Gasteiger partial charge on any atom is 0.338 e. The van der Waals surface area contributed by atoms with Gasteiger partial charge in [-0.15, -0.1) is 6.58 Å². The Morgan fingerprint density at radius 1 is 1.14 bits per heavy atom. The van der Waals surface area contributed by atoms with Crippen LogP contribution in [0.4, 0.5) is 0 Å². The molecule has 1 aliphatic carbocycles. The lowest BCUT2D eigenvalue weighted by Crippen LogP contribution is -2.15. The van der Waals surface area contributed by atoms with E-state index >= 15 is 0 Å². The van der Waals surface area contributed by atoms with Gasteiger partial charge < -0.3 is 4.74 Å². The van der Waals surface area contributed by atoms with Crippen LogP contribution in [-0.4, -0.2) is 5.97 Å². The number of ether oxygens (including phenoxy) is 1. The van der Waals surface area contributed by atoms with Crippen molar-refractivity contribution in [2.24, 2.45) is 5.92 Å². The van der Waals surface area contributed by atoms with Crippen molar-refractivity contribution in [1.29, 1.82) is 0 Å². The van der Waals surface area contributed by atoms with Crippen LogP contribution in [0.25, 0.3) is 0 Å². The zero-order valence-corrected chi connectivity index (χ0v) is 13.9. The van der Waals surface area contributed by atoms with Crippen LogP contribution in [0, 0.1) is 5.92 Å². The molecular weight excluding hydrogens is 340 g/mol. The molecule has 0 heterocycles. The highest BCUT2D eigenvalue weighted by Crippen LogP contribution is 2.47. The monoisotopic (exact) mass is 356 g/mol. The maximum absolute atomic E-state index is 12.4. The summed E-state index contributed by atoms with van der Waals surface area (Å²) in [5.41, 5.74) is 2.86. The van der Waals surface area contributed by atoms with Crippen LogP contribution in [0.3, 0.4) is 0 Å². The summed E-state index contributed by atoms with van der Waals surface area (Å²) >= 11 is 3.37. The van der Waals surface area contributed by atoms with E-state index in [0.29, 0.717) is 5.56 Å². The average Bonchev–Trinajstić information content (AvgIpc) is 2.80. The highest BCUT2D eigenvalue weighted by Gasteiger charge is 2.38. The lowest BCUT2D eigenvalue weighted by molar-refractivity contribution is 0.0182. The molecule has 0 bridgehead atoms. The molecule has 0 aliphatic heterocycles. The number of halogens is 1. The summed E-state index contributed by atoms with van der Waals surface area (Å²) in [5, 5.41) is 0. The second-order valence-corrected chi connectivity index (χ2v) is 6.50. The fourth-order valence-corrected chi connectivity index (χ4v) is 3.37. The quantitative estimate of drug-likeness (QED) is 0.553. The van der Waals surface area contributed by atoms with E-state index in [0.717, 1.165) is 10.0 Å². The number of carbonyl (C=O) groups excluding carboxylic acids is 1. The first-order valence-corrected chi connectivity index (χ1v) is 8.09. The second kappa shape index (κ2) is 6.09.